The molecule has 0 aliphatic heterocycles. The lowest BCUT2D eigenvalue weighted by molar-refractivity contribution is 0.669. The van der Waals surface area contributed by atoms with Crippen LogP contribution in [0, 0.1) is 5.92 Å². The fourth-order valence-corrected chi connectivity index (χ4v) is 2.44. The van der Waals surface area contributed by atoms with Crippen LogP contribution < -0.4 is 5.32 Å². The molecule has 1 fully saturated rings. The number of nitrogens with one attached hydrogen (secondary N) is 1. The van der Waals surface area contributed by atoms with Gasteiger partial charge in [-0.1, -0.05) is 13.8 Å². The van der Waals surface area contributed by atoms with Gasteiger partial charge in [0.05, 0.1) is 11.4 Å². The van der Waals surface area contributed by atoms with Gasteiger partial charge in [0.25, 0.3) is 0 Å². The highest BCUT2D eigenvalue weighted by Crippen LogP contribution is 2.19. The topological polar surface area (TPSA) is 37.8 Å². The summed E-state index contributed by atoms with van der Waals surface area (Å²) in [5, 5.41) is 3.48. The van der Waals surface area contributed by atoms with Crippen molar-refractivity contribution in [3.05, 3.63) is 23.8 Å². The Kier molecular flexibility index (Phi) is 4.80. The number of hydrogen-bond donors (Lipinski definition) is 1. The standard InChI is InChI=1S/C13H21N3S/c1-10(2)8-17-9-13-14-6-5-12(16-13)7-15-11-3-4-11/h5-6,10-11,15H,3-4,7-9H2,1-2H3. The quantitative estimate of drug-likeness (QED) is 0.808. The number of thioether (sulfide) groups is 1. The molecule has 0 spiro atoms. The van der Waals surface area contributed by atoms with E-state index < -0.39 is 0 Å². The molecule has 0 saturated heterocycles. The van der Waals surface area contributed by atoms with Gasteiger partial charge < -0.3 is 5.32 Å². The van der Waals surface area contributed by atoms with Gasteiger partial charge in [-0.25, -0.2) is 9.97 Å². The van der Waals surface area contributed by atoms with Gasteiger partial charge in [0.1, 0.15) is 5.82 Å². The van der Waals surface area contributed by atoms with Crippen LogP contribution in [0.15, 0.2) is 12.3 Å². The van der Waals surface area contributed by atoms with Crippen molar-refractivity contribution < 1.29 is 0 Å². The predicted molar refractivity (Wildman–Crippen MR) is 72.9 cm³/mol. The summed E-state index contributed by atoms with van der Waals surface area (Å²) >= 11 is 1.91. The highest BCUT2D eigenvalue weighted by atomic mass is 32.2. The van der Waals surface area contributed by atoms with Gasteiger partial charge in [-0.3, -0.25) is 0 Å². The summed E-state index contributed by atoms with van der Waals surface area (Å²) in [7, 11) is 0. The van der Waals surface area contributed by atoms with Crippen LogP contribution in [0.1, 0.15) is 38.2 Å². The van der Waals surface area contributed by atoms with Gasteiger partial charge in [0.2, 0.25) is 0 Å². The molecule has 1 aliphatic carbocycles. The second-order valence-corrected chi connectivity index (χ2v) is 6.06. The van der Waals surface area contributed by atoms with E-state index in [0.29, 0.717) is 0 Å². The maximum absolute atomic E-state index is 4.57. The molecular weight excluding hydrogens is 230 g/mol. The fourth-order valence-electron chi connectivity index (χ4n) is 1.53. The number of hydrogen-bond acceptors (Lipinski definition) is 4. The third kappa shape index (κ3) is 5.04. The summed E-state index contributed by atoms with van der Waals surface area (Å²) < 4.78 is 0. The van der Waals surface area contributed by atoms with Crippen LogP contribution in [-0.4, -0.2) is 21.8 Å². The molecule has 0 unspecified atom stereocenters. The van der Waals surface area contributed by atoms with Gasteiger partial charge in [-0.2, -0.15) is 11.8 Å². The molecule has 0 bridgehead atoms. The molecule has 4 heteroatoms. The van der Waals surface area contributed by atoms with Gasteiger partial charge >= 0.3 is 0 Å². The van der Waals surface area contributed by atoms with Crippen molar-refractivity contribution in [3.8, 4) is 0 Å². The first-order valence-corrected chi connectivity index (χ1v) is 7.51. The zero-order valence-corrected chi connectivity index (χ0v) is 11.5. The molecule has 17 heavy (non-hydrogen) atoms. The Bertz CT molecular complexity index is 350. The lowest BCUT2D eigenvalue weighted by Crippen LogP contribution is -2.16. The smallest absolute Gasteiger partial charge is 0.138 e. The van der Waals surface area contributed by atoms with Crippen molar-refractivity contribution in [3.63, 3.8) is 0 Å². The monoisotopic (exact) mass is 251 g/mol. The van der Waals surface area contributed by atoms with E-state index in [1.807, 2.05) is 24.0 Å². The molecule has 1 saturated carbocycles. The summed E-state index contributed by atoms with van der Waals surface area (Å²) in [6.07, 6.45) is 4.52. The van der Waals surface area contributed by atoms with E-state index in [0.717, 1.165) is 35.8 Å². The summed E-state index contributed by atoms with van der Waals surface area (Å²) in [5.74, 6) is 3.80. The van der Waals surface area contributed by atoms with E-state index in [9.17, 15) is 0 Å². The molecule has 0 aromatic carbocycles. The van der Waals surface area contributed by atoms with Crippen LogP contribution in [0.4, 0.5) is 0 Å². The van der Waals surface area contributed by atoms with Crippen LogP contribution in [0.25, 0.3) is 0 Å². The summed E-state index contributed by atoms with van der Waals surface area (Å²) in [5.41, 5.74) is 1.12. The molecule has 1 aliphatic rings. The highest BCUT2D eigenvalue weighted by Gasteiger charge is 2.20. The van der Waals surface area contributed by atoms with E-state index in [2.05, 4.69) is 29.1 Å². The van der Waals surface area contributed by atoms with Crippen molar-refractivity contribution in [2.45, 2.75) is 45.0 Å². The molecule has 94 valence electrons. The van der Waals surface area contributed by atoms with E-state index >= 15 is 0 Å². The molecule has 3 nitrogen and oxygen atoms in total. The number of rotatable bonds is 7. The van der Waals surface area contributed by atoms with E-state index in [4.69, 9.17) is 0 Å². The first kappa shape index (κ1) is 12.8. The lowest BCUT2D eigenvalue weighted by atomic mass is 10.3. The average Bonchev–Trinajstić information content (AvgIpc) is 3.10. The maximum Gasteiger partial charge on any atom is 0.138 e. The van der Waals surface area contributed by atoms with Crippen LogP contribution >= 0.6 is 11.8 Å². The van der Waals surface area contributed by atoms with Gasteiger partial charge in [0.15, 0.2) is 0 Å². The van der Waals surface area contributed by atoms with Crippen molar-refractivity contribution in [2.75, 3.05) is 5.75 Å². The van der Waals surface area contributed by atoms with Gasteiger partial charge in [-0.15, -0.1) is 0 Å². The Hall–Kier alpha value is -0.610. The molecule has 0 atom stereocenters. The molecule has 1 aromatic heterocycles. The summed E-state index contributed by atoms with van der Waals surface area (Å²) in [4.78, 5) is 8.89. The lowest BCUT2D eigenvalue weighted by Gasteiger charge is -2.06. The molecule has 1 aromatic rings. The molecule has 0 radical (unpaired) electrons. The van der Waals surface area contributed by atoms with Crippen LogP contribution in [0.2, 0.25) is 0 Å². The minimum absolute atomic E-state index is 0.736. The summed E-state index contributed by atoms with van der Waals surface area (Å²) in [6.45, 7) is 5.36. The van der Waals surface area contributed by atoms with Crippen molar-refractivity contribution in [2.24, 2.45) is 5.92 Å². The van der Waals surface area contributed by atoms with Gasteiger partial charge in [-0.05, 0) is 30.6 Å². The van der Waals surface area contributed by atoms with E-state index in [1.54, 1.807) is 0 Å². The van der Waals surface area contributed by atoms with Crippen molar-refractivity contribution in [1.29, 1.82) is 0 Å². The van der Waals surface area contributed by atoms with E-state index in [-0.39, 0.29) is 0 Å². The van der Waals surface area contributed by atoms with Crippen LogP contribution in [0.3, 0.4) is 0 Å². The Morgan fingerprint density at radius 2 is 2.29 bits per heavy atom. The SMILES string of the molecule is CC(C)CSCc1nccc(CNC2CC2)n1. The third-order valence-electron chi connectivity index (χ3n) is 2.59. The molecular formula is C13H21N3S. The molecule has 2 rings (SSSR count). The summed E-state index contributed by atoms with van der Waals surface area (Å²) in [6, 6.07) is 2.75. The number of nitrogens with zero attached hydrogens (tertiary/aromatic N) is 2. The largest absolute Gasteiger partial charge is 0.308 e. The average molecular weight is 251 g/mol. The highest BCUT2D eigenvalue weighted by molar-refractivity contribution is 7.98. The second-order valence-electron chi connectivity index (χ2n) is 5.03. The van der Waals surface area contributed by atoms with Crippen molar-refractivity contribution in [1.82, 2.24) is 15.3 Å². The van der Waals surface area contributed by atoms with Crippen LogP contribution in [0.5, 0.6) is 0 Å². The second kappa shape index (κ2) is 6.36. The predicted octanol–water partition coefficient (Wildman–Crippen LogP) is 2.62. The zero-order valence-electron chi connectivity index (χ0n) is 10.6. The molecule has 1 heterocycles. The Morgan fingerprint density at radius 1 is 1.47 bits per heavy atom. The third-order valence-corrected chi connectivity index (χ3v) is 3.96. The van der Waals surface area contributed by atoms with E-state index in [1.165, 1.54) is 18.6 Å². The Labute approximate surface area is 108 Å². The first-order valence-electron chi connectivity index (χ1n) is 6.36. The van der Waals surface area contributed by atoms with Gasteiger partial charge in [0, 0.05) is 18.8 Å². The number of aromatic nitrogens is 2. The Morgan fingerprint density at radius 3 is 3.00 bits per heavy atom. The Balaban J connectivity index is 1.78. The zero-order chi connectivity index (χ0) is 12.1. The molecule has 0 amide bonds. The fraction of sp³-hybridized carbons (Fsp3) is 0.692. The maximum atomic E-state index is 4.57. The normalized spacial score (nSPS) is 15.5. The van der Waals surface area contributed by atoms with Crippen LogP contribution in [-0.2, 0) is 12.3 Å². The first-order chi connectivity index (χ1) is 8.24. The minimum atomic E-state index is 0.736. The van der Waals surface area contributed by atoms with Crippen molar-refractivity contribution >= 4 is 11.8 Å². The minimum Gasteiger partial charge on any atom is -0.308 e. The molecule has 1 N–H and O–H groups in total.